The van der Waals surface area contributed by atoms with Crippen LogP contribution in [-0.4, -0.2) is 33.1 Å². The molecule has 2 heterocycles. The van der Waals surface area contributed by atoms with Gasteiger partial charge in [0.1, 0.15) is 5.75 Å². The molecule has 3 amide bonds. The number of para-hydroxylation sites is 2. The van der Waals surface area contributed by atoms with E-state index in [2.05, 4.69) is 15.7 Å². The zero-order chi connectivity index (χ0) is 18.4. The van der Waals surface area contributed by atoms with Gasteiger partial charge in [0.2, 0.25) is 0 Å². The molecule has 0 bridgehead atoms. The van der Waals surface area contributed by atoms with Gasteiger partial charge in [0.15, 0.2) is 5.69 Å². The number of carbonyl (C=O) groups is 3. The molecule has 2 aromatic rings. The molecule has 1 atom stereocenters. The van der Waals surface area contributed by atoms with Crippen molar-refractivity contribution in [3.05, 3.63) is 35.7 Å². The van der Waals surface area contributed by atoms with Crippen LogP contribution in [0.15, 0.2) is 24.3 Å². The molecule has 0 fully saturated rings. The van der Waals surface area contributed by atoms with Crippen LogP contribution in [0.25, 0.3) is 0 Å². The van der Waals surface area contributed by atoms with E-state index >= 15 is 0 Å². The largest absolute Gasteiger partial charge is 0.466 e. The fraction of sp³-hybridized carbons (Fsp3) is 0.250. The predicted octanol–water partition coefficient (Wildman–Crippen LogP) is 0.556. The van der Waals surface area contributed by atoms with E-state index in [-0.39, 0.29) is 11.4 Å². The molecule has 1 aliphatic heterocycles. The van der Waals surface area contributed by atoms with Gasteiger partial charge in [-0.25, -0.2) is 0 Å². The van der Waals surface area contributed by atoms with E-state index in [1.54, 1.807) is 38.2 Å². The molecule has 1 aromatic heterocycles. The number of ether oxygens (including phenoxy) is 1. The fourth-order valence-electron chi connectivity index (χ4n) is 2.48. The van der Waals surface area contributed by atoms with E-state index in [1.165, 1.54) is 11.6 Å². The molecule has 0 aliphatic carbocycles. The first-order chi connectivity index (χ1) is 11.7. The SMILES string of the molecule is Cc1c(NC(=O)[C@@]2(C)Oc3ccccc3NC2=O)c(C(N)=O)nn1C. The third-order valence-corrected chi connectivity index (χ3v) is 4.12. The second-order valence-electron chi connectivity index (χ2n) is 5.84. The number of amides is 3. The molecule has 0 saturated heterocycles. The predicted molar refractivity (Wildman–Crippen MR) is 89.2 cm³/mol. The summed E-state index contributed by atoms with van der Waals surface area (Å²) in [6.07, 6.45) is 0. The van der Waals surface area contributed by atoms with Gasteiger partial charge in [0, 0.05) is 7.05 Å². The van der Waals surface area contributed by atoms with E-state index in [0.717, 1.165) is 0 Å². The number of hydrogen-bond donors (Lipinski definition) is 3. The molecule has 3 rings (SSSR count). The second-order valence-corrected chi connectivity index (χ2v) is 5.84. The number of nitrogens with two attached hydrogens (primary N) is 1. The first-order valence-corrected chi connectivity index (χ1v) is 7.48. The minimum atomic E-state index is -1.81. The number of aromatic nitrogens is 2. The van der Waals surface area contributed by atoms with E-state index in [9.17, 15) is 14.4 Å². The molecule has 9 nitrogen and oxygen atoms in total. The average Bonchev–Trinajstić information content (AvgIpc) is 2.84. The number of benzene rings is 1. The van der Waals surface area contributed by atoms with Crippen LogP contribution in [0.2, 0.25) is 0 Å². The fourth-order valence-corrected chi connectivity index (χ4v) is 2.48. The molecule has 1 aliphatic rings. The molecule has 9 heteroatoms. The lowest BCUT2D eigenvalue weighted by Gasteiger charge is -2.33. The number of nitrogens with one attached hydrogen (secondary N) is 2. The Morgan fingerprint density at radius 3 is 2.72 bits per heavy atom. The Labute approximate surface area is 143 Å². The lowest BCUT2D eigenvalue weighted by Crippen LogP contribution is -2.56. The van der Waals surface area contributed by atoms with Crippen LogP contribution in [0.5, 0.6) is 5.75 Å². The van der Waals surface area contributed by atoms with Crippen LogP contribution in [0.4, 0.5) is 11.4 Å². The highest BCUT2D eigenvalue weighted by atomic mass is 16.5. The third kappa shape index (κ3) is 2.59. The van der Waals surface area contributed by atoms with Crippen LogP contribution < -0.4 is 21.1 Å². The summed E-state index contributed by atoms with van der Waals surface area (Å²) in [6, 6.07) is 6.78. The van der Waals surface area contributed by atoms with E-state index in [0.29, 0.717) is 17.1 Å². The van der Waals surface area contributed by atoms with Gasteiger partial charge in [-0.2, -0.15) is 5.10 Å². The quantitative estimate of drug-likeness (QED) is 0.701. The zero-order valence-electron chi connectivity index (χ0n) is 13.9. The molecular formula is C16H17N5O4. The van der Waals surface area contributed by atoms with Crippen LogP contribution in [0, 0.1) is 6.92 Å². The molecule has 0 radical (unpaired) electrons. The van der Waals surface area contributed by atoms with Crippen molar-refractivity contribution in [1.29, 1.82) is 0 Å². The van der Waals surface area contributed by atoms with E-state index in [1.807, 2.05) is 0 Å². The van der Waals surface area contributed by atoms with Gasteiger partial charge in [-0.1, -0.05) is 12.1 Å². The Balaban J connectivity index is 1.94. The van der Waals surface area contributed by atoms with Crippen molar-refractivity contribution in [2.45, 2.75) is 19.4 Å². The zero-order valence-corrected chi connectivity index (χ0v) is 13.9. The summed E-state index contributed by atoms with van der Waals surface area (Å²) in [4.78, 5) is 36.7. The van der Waals surface area contributed by atoms with Gasteiger partial charge in [0.25, 0.3) is 23.3 Å². The molecule has 0 spiro atoms. The standard InChI is InChI=1S/C16H17N5O4/c1-8-11(12(13(17)22)20-21(8)3)19-15(24)16(2)14(23)18-9-6-4-5-7-10(9)25-16/h4-7H,1-3H3,(H2,17,22)(H,18,23)(H,19,24)/t16-/m0/s1. The molecule has 0 unspecified atom stereocenters. The Bertz CT molecular complexity index is 904. The lowest BCUT2D eigenvalue weighted by atomic mass is 10.0. The molecule has 4 N–H and O–H groups in total. The topological polar surface area (TPSA) is 128 Å². The summed E-state index contributed by atoms with van der Waals surface area (Å²) in [6.45, 7) is 3.01. The number of anilines is 2. The van der Waals surface area contributed by atoms with Crippen LogP contribution in [0.3, 0.4) is 0 Å². The van der Waals surface area contributed by atoms with Crippen molar-refractivity contribution in [2.24, 2.45) is 12.8 Å². The van der Waals surface area contributed by atoms with Crippen molar-refractivity contribution < 1.29 is 19.1 Å². The number of primary amides is 1. The number of hydrogen-bond acceptors (Lipinski definition) is 5. The van der Waals surface area contributed by atoms with E-state index in [4.69, 9.17) is 10.5 Å². The monoisotopic (exact) mass is 343 g/mol. The average molecular weight is 343 g/mol. The minimum absolute atomic E-state index is 0.0893. The van der Waals surface area contributed by atoms with Gasteiger partial charge >= 0.3 is 0 Å². The normalized spacial score (nSPS) is 18.8. The summed E-state index contributed by atoms with van der Waals surface area (Å²) in [5.74, 6) is -1.77. The van der Waals surface area contributed by atoms with Gasteiger partial charge in [0.05, 0.1) is 17.1 Å². The Hall–Kier alpha value is -3.36. The Kier molecular flexibility index (Phi) is 3.71. The number of fused-ring (bicyclic) bond motifs is 1. The summed E-state index contributed by atoms with van der Waals surface area (Å²) in [7, 11) is 1.61. The molecule has 130 valence electrons. The summed E-state index contributed by atoms with van der Waals surface area (Å²) in [5, 5.41) is 9.15. The maximum absolute atomic E-state index is 12.8. The Morgan fingerprint density at radius 2 is 2.04 bits per heavy atom. The summed E-state index contributed by atoms with van der Waals surface area (Å²) >= 11 is 0. The van der Waals surface area contributed by atoms with Crippen molar-refractivity contribution in [3.8, 4) is 5.75 Å². The maximum Gasteiger partial charge on any atom is 0.278 e. The molecule has 0 saturated carbocycles. The van der Waals surface area contributed by atoms with Gasteiger partial charge in [-0.05, 0) is 26.0 Å². The van der Waals surface area contributed by atoms with E-state index < -0.39 is 23.3 Å². The number of carbonyl (C=O) groups excluding carboxylic acids is 3. The summed E-state index contributed by atoms with van der Waals surface area (Å²) in [5.41, 5.74) is 4.54. The van der Waals surface area contributed by atoms with Crippen molar-refractivity contribution in [3.63, 3.8) is 0 Å². The third-order valence-electron chi connectivity index (χ3n) is 4.12. The van der Waals surface area contributed by atoms with Crippen molar-refractivity contribution >= 4 is 29.1 Å². The molecule has 1 aromatic carbocycles. The Morgan fingerprint density at radius 1 is 1.36 bits per heavy atom. The van der Waals surface area contributed by atoms with Crippen molar-refractivity contribution in [1.82, 2.24) is 9.78 Å². The van der Waals surface area contributed by atoms with Crippen molar-refractivity contribution in [2.75, 3.05) is 10.6 Å². The molecule has 25 heavy (non-hydrogen) atoms. The highest BCUT2D eigenvalue weighted by molar-refractivity contribution is 6.19. The second kappa shape index (κ2) is 5.62. The summed E-state index contributed by atoms with van der Waals surface area (Å²) < 4.78 is 7.06. The maximum atomic E-state index is 12.8. The highest BCUT2D eigenvalue weighted by Crippen LogP contribution is 2.34. The van der Waals surface area contributed by atoms with Gasteiger partial charge in [-0.15, -0.1) is 0 Å². The number of nitrogens with zero attached hydrogens (tertiary/aromatic N) is 2. The van der Waals surface area contributed by atoms with Crippen LogP contribution >= 0.6 is 0 Å². The first-order valence-electron chi connectivity index (χ1n) is 7.48. The number of aryl methyl sites for hydroxylation is 1. The lowest BCUT2D eigenvalue weighted by molar-refractivity contribution is -0.143. The van der Waals surface area contributed by atoms with Crippen LogP contribution in [-0.2, 0) is 16.6 Å². The van der Waals surface area contributed by atoms with Gasteiger partial charge < -0.3 is 21.1 Å². The highest BCUT2D eigenvalue weighted by Gasteiger charge is 2.47. The minimum Gasteiger partial charge on any atom is -0.466 e. The van der Waals surface area contributed by atoms with Gasteiger partial charge in [-0.3, -0.25) is 19.1 Å². The first kappa shape index (κ1) is 16.5. The molecular weight excluding hydrogens is 326 g/mol. The smallest absolute Gasteiger partial charge is 0.278 e. The van der Waals surface area contributed by atoms with Crippen LogP contribution in [0.1, 0.15) is 23.1 Å². The number of rotatable bonds is 3.